The molecule has 0 radical (unpaired) electrons. The summed E-state index contributed by atoms with van der Waals surface area (Å²) in [7, 11) is 0. The zero-order valence-corrected chi connectivity index (χ0v) is 21.0. The molecule has 3 heterocycles. The molecule has 4 aromatic carbocycles. The third kappa shape index (κ3) is 3.44. The van der Waals surface area contributed by atoms with Gasteiger partial charge in [-0.1, -0.05) is 66.7 Å². The third-order valence-electron chi connectivity index (χ3n) is 8.04. The second-order valence-corrected chi connectivity index (χ2v) is 10.1. The van der Waals surface area contributed by atoms with Gasteiger partial charge < -0.3 is 10.2 Å². The number of non-ortho nitro benzene ring substituents is 1. The first-order valence-electron chi connectivity index (χ1n) is 12.9. The van der Waals surface area contributed by atoms with E-state index in [1.165, 1.54) is 29.2 Å². The van der Waals surface area contributed by atoms with Gasteiger partial charge in [0.1, 0.15) is 6.04 Å². The van der Waals surface area contributed by atoms with Crippen LogP contribution in [-0.4, -0.2) is 34.7 Å². The van der Waals surface area contributed by atoms with Crippen LogP contribution < -0.4 is 15.1 Å². The van der Waals surface area contributed by atoms with Gasteiger partial charge >= 0.3 is 0 Å². The SMILES string of the molecule is O=C(Nc1ccc([N+](=O)[O-])cc1)C1C2C(=O)N(c3cccc4ccccc34)C(=O)C2C2C=Cc3ccccc3N21. The Morgan fingerprint density at radius 2 is 1.48 bits per heavy atom. The van der Waals surface area contributed by atoms with E-state index in [0.29, 0.717) is 11.4 Å². The number of carbonyl (C=O) groups excluding carboxylic acids is 3. The normalized spacial score (nSPS) is 22.7. The summed E-state index contributed by atoms with van der Waals surface area (Å²) >= 11 is 0. The Labute approximate surface area is 228 Å². The summed E-state index contributed by atoms with van der Waals surface area (Å²) in [5, 5.41) is 15.6. The lowest BCUT2D eigenvalue weighted by molar-refractivity contribution is -0.384. The molecular weight excluding hydrogens is 508 g/mol. The number of nitrogens with zero attached hydrogens (tertiary/aromatic N) is 3. The molecule has 2 saturated heterocycles. The zero-order valence-electron chi connectivity index (χ0n) is 21.0. The molecule has 0 aromatic heterocycles. The topological polar surface area (TPSA) is 113 Å². The van der Waals surface area contributed by atoms with Crippen LogP contribution in [0.1, 0.15) is 5.56 Å². The summed E-state index contributed by atoms with van der Waals surface area (Å²) in [4.78, 5) is 55.9. The Morgan fingerprint density at radius 3 is 2.27 bits per heavy atom. The van der Waals surface area contributed by atoms with Crippen molar-refractivity contribution >= 4 is 57.3 Å². The molecule has 3 aliphatic rings. The second-order valence-electron chi connectivity index (χ2n) is 10.1. The summed E-state index contributed by atoms with van der Waals surface area (Å²) < 4.78 is 0. The van der Waals surface area contributed by atoms with Crippen molar-refractivity contribution in [2.45, 2.75) is 12.1 Å². The van der Waals surface area contributed by atoms with Crippen LogP contribution in [0.15, 0.2) is 97.1 Å². The van der Waals surface area contributed by atoms with Gasteiger partial charge in [-0.2, -0.15) is 0 Å². The van der Waals surface area contributed by atoms with Crippen molar-refractivity contribution in [1.29, 1.82) is 0 Å². The molecular formula is C31H22N4O5. The number of imide groups is 1. The number of nitro groups is 1. The van der Waals surface area contributed by atoms with Gasteiger partial charge in [0, 0.05) is 28.9 Å². The lowest BCUT2D eigenvalue weighted by Crippen LogP contribution is -2.50. The monoisotopic (exact) mass is 530 g/mol. The van der Waals surface area contributed by atoms with E-state index in [-0.39, 0.29) is 11.6 Å². The second kappa shape index (κ2) is 8.88. The van der Waals surface area contributed by atoms with E-state index in [4.69, 9.17) is 0 Å². The Hall–Kier alpha value is -5.31. The summed E-state index contributed by atoms with van der Waals surface area (Å²) in [6, 6.07) is 24.7. The number of carbonyl (C=O) groups is 3. The molecule has 9 nitrogen and oxygen atoms in total. The maximum absolute atomic E-state index is 14.2. The number of para-hydroxylation sites is 1. The summed E-state index contributed by atoms with van der Waals surface area (Å²) in [5.74, 6) is -2.90. The van der Waals surface area contributed by atoms with Crippen molar-refractivity contribution in [3.8, 4) is 0 Å². The molecule has 0 saturated carbocycles. The minimum atomic E-state index is -0.979. The molecule has 3 amide bonds. The van der Waals surface area contributed by atoms with Gasteiger partial charge in [-0.3, -0.25) is 24.5 Å². The number of benzene rings is 4. The number of anilines is 3. The van der Waals surface area contributed by atoms with Gasteiger partial charge in [0.25, 0.3) is 5.69 Å². The maximum Gasteiger partial charge on any atom is 0.269 e. The molecule has 196 valence electrons. The fraction of sp³-hybridized carbons (Fsp3) is 0.129. The molecule has 3 aliphatic heterocycles. The van der Waals surface area contributed by atoms with Gasteiger partial charge in [-0.25, -0.2) is 4.90 Å². The Balaban J connectivity index is 1.32. The van der Waals surface area contributed by atoms with Crippen molar-refractivity contribution in [1.82, 2.24) is 0 Å². The van der Waals surface area contributed by atoms with Gasteiger partial charge in [0.05, 0.1) is 28.5 Å². The summed E-state index contributed by atoms with van der Waals surface area (Å²) in [6.45, 7) is 0. The summed E-state index contributed by atoms with van der Waals surface area (Å²) in [5.41, 5.74) is 2.42. The van der Waals surface area contributed by atoms with Gasteiger partial charge in [0.2, 0.25) is 17.7 Å². The molecule has 4 atom stereocenters. The summed E-state index contributed by atoms with van der Waals surface area (Å²) in [6.07, 6.45) is 3.83. The Bertz CT molecular complexity index is 1760. The molecule has 1 N–H and O–H groups in total. The van der Waals surface area contributed by atoms with Gasteiger partial charge in [-0.05, 0) is 35.2 Å². The van der Waals surface area contributed by atoms with Crippen molar-refractivity contribution < 1.29 is 19.3 Å². The number of hydrogen-bond acceptors (Lipinski definition) is 6. The van der Waals surface area contributed by atoms with Crippen LogP contribution in [0.2, 0.25) is 0 Å². The average Bonchev–Trinajstić information content (AvgIpc) is 3.45. The molecule has 4 aromatic rings. The first-order chi connectivity index (χ1) is 19.4. The average molecular weight is 531 g/mol. The smallest absolute Gasteiger partial charge is 0.269 e. The van der Waals surface area contributed by atoms with Crippen molar-refractivity contribution in [2.24, 2.45) is 11.8 Å². The number of fused-ring (bicyclic) bond motifs is 6. The van der Waals surface area contributed by atoms with Crippen molar-refractivity contribution in [2.75, 3.05) is 15.1 Å². The maximum atomic E-state index is 14.2. The van der Waals surface area contributed by atoms with Crippen LogP contribution in [-0.2, 0) is 14.4 Å². The molecule has 0 spiro atoms. The number of nitro benzene ring substituents is 1. The van der Waals surface area contributed by atoms with Crippen LogP contribution in [0.4, 0.5) is 22.7 Å². The van der Waals surface area contributed by atoms with Crippen LogP contribution in [0.5, 0.6) is 0 Å². The molecule has 0 bridgehead atoms. The fourth-order valence-corrected chi connectivity index (χ4v) is 6.34. The van der Waals surface area contributed by atoms with Crippen molar-refractivity contribution in [3.05, 3.63) is 113 Å². The molecule has 9 heteroatoms. The van der Waals surface area contributed by atoms with Crippen LogP contribution >= 0.6 is 0 Å². The van der Waals surface area contributed by atoms with Crippen LogP contribution in [0, 0.1) is 22.0 Å². The molecule has 2 fully saturated rings. The number of rotatable bonds is 4. The molecule has 7 rings (SSSR count). The van der Waals surface area contributed by atoms with E-state index in [1.807, 2.05) is 77.7 Å². The highest BCUT2D eigenvalue weighted by Gasteiger charge is 2.64. The lowest BCUT2D eigenvalue weighted by Gasteiger charge is -2.36. The van der Waals surface area contributed by atoms with E-state index in [0.717, 1.165) is 22.0 Å². The highest BCUT2D eigenvalue weighted by molar-refractivity contribution is 6.27. The number of hydrogen-bond donors (Lipinski definition) is 1. The standard InChI is InChI=1S/C31H22N4O5/c36-29(32-20-13-15-21(16-14-20)35(39)40)28-27-26(25-17-12-19-7-2-4-10-23(19)33(25)28)30(37)34(31(27)38)24-11-5-8-18-6-1-3-9-22(18)24/h1-17,25-28H,(H,32,36). The first kappa shape index (κ1) is 23.8. The minimum absolute atomic E-state index is 0.101. The number of nitrogens with one attached hydrogen (secondary N) is 1. The quantitative estimate of drug-likeness (QED) is 0.231. The van der Waals surface area contributed by atoms with E-state index < -0.39 is 40.7 Å². The predicted octanol–water partition coefficient (Wildman–Crippen LogP) is 4.78. The largest absolute Gasteiger partial charge is 0.351 e. The van der Waals surface area contributed by atoms with Gasteiger partial charge in [0.15, 0.2) is 0 Å². The van der Waals surface area contributed by atoms with E-state index >= 15 is 0 Å². The Kier molecular flexibility index (Phi) is 5.28. The highest BCUT2D eigenvalue weighted by Crippen LogP contribution is 2.50. The predicted molar refractivity (Wildman–Crippen MR) is 151 cm³/mol. The highest BCUT2D eigenvalue weighted by atomic mass is 16.6. The zero-order chi connectivity index (χ0) is 27.5. The van der Waals surface area contributed by atoms with Gasteiger partial charge in [-0.15, -0.1) is 0 Å². The third-order valence-corrected chi connectivity index (χ3v) is 8.04. The number of amides is 3. The molecule has 4 unspecified atom stereocenters. The minimum Gasteiger partial charge on any atom is -0.351 e. The van der Waals surface area contributed by atoms with Crippen LogP contribution in [0.3, 0.4) is 0 Å². The van der Waals surface area contributed by atoms with E-state index in [1.54, 1.807) is 6.07 Å². The lowest BCUT2D eigenvalue weighted by atomic mass is 9.88. The molecule has 40 heavy (non-hydrogen) atoms. The Morgan fingerprint density at radius 1 is 0.800 bits per heavy atom. The molecule has 0 aliphatic carbocycles. The fourth-order valence-electron chi connectivity index (χ4n) is 6.34. The van der Waals surface area contributed by atoms with E-state index in [2.05, 4.69) is 5.32 Å². The van der Waals surface area contributed by atoms with Crippen LogP contribution in [0.25, 0.3) is 16.8 Å². The van der Waals surface area contributed by atoms with E-state index in [9.17, 15) is 24.5 Å². The first-order valence-corrected chi connectivity index (χ1v) is 12.9. The van der Waals surface area contributed by atoms with Crippen molar-refractivity contribution in [3.63, 3.8) is 0 Å².